The van der Waals surface area contributed by atoms with Crippen LogP contribution in [0.25, 0.3) is 6.08 Å². The quantitative estimate of drug-likeness (QED) is 0.470. The second-order valence-corrected chi connectivity index (χ2v) is 8.45. The molecular formula is C24H28N2O4S. The second kappa shape index (κ2) is 11.0. The Morgan fingerprint density at radius 1 is 1.16 bits per heavy atom. The minimum atomic E-state index is -0.191. The maximum Gasteiger partial charge on any atom is 0.265 e. The molecular weight excluding hydrogens is 412 g/mol. The summed E-state index contributed by atoms with van der Waals surface area (Å²) >= 11 is 1.42. The Balaban J connectivity index is 1.71. The van der Waals surface area contributed by atoms with Crippen LogP contribution in [-0.2, 0) is 14.3 Å². The number of methoxy groups -OCH3 is 1. The van der Waals surface area contributed by atoms with Crippen molar-refractivity contribution in [1.29, 1.82) is 0 Å². The minimum Gasteiger partial charge on any atom is -0.497 e. The van der Waals surface area contributed by atoms with E-state index in [1.807, 2.05) is 68.5 Å². The summed E-state index contributed by atoms with van der Waals surface area (Å²) in [5, 5.41) is 2.88. The van der Waals surface area contributed by atoms with Crippen LogP contribution in [-0.4, -0.2) is 44.7 Å². The van der Waals surface area contributed by atoms with Gasteiger partial charge in [0.25, 0.3) is 5.91 Å². The number of thioether (sulfide) groups is 1. The molecule has 0 radical (unpaired) electrons. The highest BCUT2D eigenvalue weighted by Gasteiger charge is 2.30. The van der Waals surface area contributed by atoms with E-state index in [4.69, 9.17) is 9.47 Å². The van der Waals surface area contributed by atoms with Crippen LogP contribution >= 0.6 is 11.8 Å². The number of benzene rings is 2. The molecule has 2 aromatic rings. The molecule has 0 saturated carbocycles. The molecule has 1 aliphatic heterocycles. The molecule has 164 valence electrons. The van der Waals surface area contributed by atoms with Crippen molar-refractivity contribution in [3.63, 3.8) is 0 Å². The van der Waals surface area contributed by atoms with Gasteiger partial charge in [0, 0.05) is 18.0 Å². The summed E-state index contributed by atoms with van der Waals surface area (Å²) in [7, 11) is 1.62. The van der Waals surface area contributed by atoms with Crippen molar-refractivity contribution >= 4 is 35.3 Å². The Labute approximate surface area is 187 Å². The Morgan fingerprint density at radius 2 is 1.90 bits per heavy atom. The van der Waals surface area contributed by atoms with E-state index in [9.17, 15) is 9.59 Å². The van der Waals surface area contributed by atoms with Gasteiger partial charge in [0.2, 0.25) is 5.91 Å². The Hall–Kier alpha value is -2.77. The van der Waals surface area contributed by atoms with Crippen molar-refractivity contribution in [2.75, 3.05) is 31.7 Å². The molecule has 0 unspecified atom stereocenters. The number of amides is 2. The van der Waals surface area contributed by atoms with Gasteiger partial charge in [0.15, 0.2) is 0 Å². The zero-order chi connectivity index (χ0) is 22.2. The maximum atomic E-state index is 13.2. The van der Waals surface area contributed by atoms with Crippen molar-refractivity contribution in [2.45, 2.75) is 31.3 Å². The number of carbonyl (C=O) groups is 2. The third-order valence-corrected chi connectivity index (χ3v) is 5.72. The number of hydrogen-bond donors (Lipinski definition) is 1. The van der Waals surface area contributed by atoms with Crippen molar-refractivity contribution in [3.8, 4) is 5.75 Å². The van der Waals surface area contributed by atoms with Crippen LogP contribution in [0.3, 0.4) is 0 Å². The first-order chi connectivity index (χ1) is 15.0. The lowest BCUT2D eigenvalue weighted by Gasteiger charge is -2.29. The molecule has 0 bridgehead atoms. The van der Waals surface area contributed by atoms with E-state index in [0.717, 1.165) is 28.3 Å². The first-order valence-corrected chi connectivity index (χ1v) is 11.1. The summed E-state index contributed by atoms with van der Waals surface area (Å²) in [6.45, 7) is 5.04. The van der Waals surface area contributed by atoms with Gasteiger partial charge < -0.3 is 14.8 Å². The summed E-state index contributed by atoms with van der Waals surface area (Å²) in [5.41, 5.74) is 1.65. The first-order valence-electron chi connectivity index (χ1n) is 10.3. The zero-order valence-corrected chi connectivity index (χ0v) is 18.9. The van der Waals surface area contributed by atoms with Gasteiger partial charge >= 0.3 is 0 Å². The van der Waals surface area contributed by atoms with E-state index in [1.165, 1.54) is 11.8 Å². The van der Waals surface area contributed by atoms with Gasteiger partial charge in [-0.3, -0.25) is 14.5 Å². The molecule has 3 rings (SSSR count). The van der Waals surface area contributed by atoms with Crippen LogP contribution in [0.5, 0.6) is 5.75 Å². The minimum absolute atomic E-state index is 0.0264. The highest BCUT2D eigenvalue weighted by Crippen LogP contribution is 2.41. The van der Waals surface area contributed by atoms with Crippen LogP contribution in [0.4, 0.5) is 5.69 Å². The van der Waals surface area contributed by atoms with Gasteiger partial charge in [0.1, 0.15) is 12.3 Å². The lowest BCUT2D eigenvalue weighted by molar-refractivity contribution is -0.122. The van der Waals surface area contributed by atoms with E-state index in [1.54, 1.807) is 12.0 Å². The fraction of sp³-hybridized carbons (Fsp3) is 0.333. The highest BCUT2D eigenvalue weighted by atomic mass is 32.2. The topological polar surface area (TPSA) is 67.9 Å². The lowest BCUT2D eigenvalue weighted by Crippen LogP contribution is -2.43. The molecule has 31 heavy (non-hydrogen) atoms. The number of rotatable bonds is 9. The number of nitrogens with one attached hydrogen (secondary N) is 1. The largest absolute Gasteiger partial charge is 0.497 e. The maximum absolute atomic E-state index is 13.2. The summed E-state index contributed by atoms with van der Waals surface area (Å²) < 4.78 is 10.7. The van der Waals surface area contributed by atoms with Crippen molar-refractivity contribution in [1.82, 2.24) is 5.32 Å². The normalized spacial score (nSPS) is 14.6. The molecule has 6 nitrogen and oxygen atoms in total. The number of nitrogens with zero attached hydrogens (tertiary/aromatic N) is 1. The predicted octanol–water partition coefficient (Wildman–Crippen LogP) is 4.11. The average molecular weight is 441 g/mol. The third-order valence-electron chi connectivity index (χ3n) is 4.64. The van der Waals surface area contributed by atoms with Crippen LogP contribution in [0.1, 0.15) is 25.8 Å². The van der Waals surface area contributed by atoms with E-state index < -0.39 is 0 Å². The number of para-hydroxylation sites is 1. The zero-order valence-electron chi connectivity index (χ0n) is 18.1. The van der Waals surface area contributed by atoms with Gasteiger partial charge in [-0.15, -0.1) is 0 Å². The SMILES string of the molecule is COc1ccc(C=C2Sc3ccccc3N(CC(=O)NCCCOC(C)C)C2=O)cc1. The molecule has 1 N–H and O–H groups in total. The Morgan fingerprint density at radius 3 is 2.61 bits per heavy atom. The molecule has 0 fully saturated rings. The summed E-state index contributed by atoms with van der Waals surface area (Å²) in [6.07, 6.45) is 2.75. The number of fused-ring (bicyclic) bond motifs is 1. The van der Waals surface area contributed by atoms with Crippen LogP contribution in [0, 0.1) is 0 Å². The molecule has 0 aliphatic carbocycles. The first kappa shape index (κ1) is 22.9. The van der Waals surface area contributed by atoms with Crippen molar-refractivity contribution in [3.05, 3.63) is 59.0 Å². The van der Waals surface area contributed by atoms with Crippen LogP contribution < -0.4 is 15.0 Å². The van der Waals surface area contributed by atoms with Gasteiger partial charge in [0.05, 0.1) is 23.8 Å². The van der Waals surface area contributed by atoms with Crippen molar-refractivity contribution < 1.29 is 19.1 Å². The average Bonchev–Trinajstić information content (AvgIpc) is 2.76. The van der Waals surface area contributed by atoms with E-state index in [-0.39, 0.29) is 24.5 Å². The molecule has 1 aliphatic rings. The molecule has 1 heterocycles. The number of ether oxygens (including phenoxy) is 2. The van der Waals surface area contributed by atoms with Gasteiger partial charge in [-0.2, -0.15) is 0 Å². The van der Waals surface area contributed by atoms with Gasteiger partial charge in [-0.1, -0.05) is 36.0 Å². The summed E-state index contributed by atoms with van der Waals surface area (Å²) in [5.74, 6) is 0.383. The fourth-order valence-corrected chi connectivity index (χ4v) is 4.15. The molecule has 0 aromatic heterocycles. The van der Waals surface area contributed by atoms with E-state index in [2.05, 4.69) is 5.32 Å². The number of hydrogen-bond acceptors (Lipinski definition) is 5. The van der Waals surface area contributed by atoms with Crippen LogP contribution in [0.15, 0.2) is 58.3 Å². The summed E-state index contributed by atoms with van der Waals surface area (Å²) in [4.78, 5) is 28.8. The highest BCUT2D eigenvalue weighted by molar-refractivity contribution is 8.04. The number of anilines is 1. The van der Waals surface area contributed by atoms with E-state index >= 15 is 0 Å². The molecule has 7 heteroatoms. The molecule has 0 spiro atoms. The molecule has 2 aromatic carbocycles. The van der Waals surface area contributed by atoms with Gasteiger partial charge in [-0.05, 0) is 56.2 Å². The van der Waals surface area contributed by atoms with Crippen LogP contribution in [0.2, 0.25) is 0 Å². The van der Waals surface area contributed by atoms with Crippen molar-refractivity contribution in [2.24, 2.45) is 0 Å². The third kappa shape index (κ3) is 6.35. The van der Waals surface area contributed by atoms with E-state index in [0.29, 0.717) is 18.1 Å². The second-order valence-electron chi connectivity index (χ2n) is 7.37. The summed E-state index contributed by atoms with van der Waals surface area (Å²) in [6, 6.07) is 15.1. The molecule has 2 amide bonds. The monoisotopic (exact) mass is 440 g/mol. The standard InChI is InChI=1S/C24H28N2O4S/c1-17(2)30-14-6-13-25-23(27)16-26-20-7-4-5-8-21(20)31-22(24(26)28)15-18-9-11-19(29-3)12-10-18/h4-5,7-12,15,17H,6,13-14,16H2,1-3H3,(H,25,27). The lowest BCUT2D eigenvalue weighted by atomic mass is 10.2. The van der Waals surface area contributed by atoms with Gasteiger partial charge in [-0.25, -0.2) is 0 Å². The fourth-order valence-electron chi connectivity index (χ4n) is 3.09. The Bertz CT molecular complexity index is 941. The number of carbonyl (C=O) groups excluding carboxylic acids is 2. The predicted molar refractivity (Wildman–Crippen MR) is 124 cm³/mol. The molecule has 0 saturated heterocycles. The smallest absolute Gasteiger partial charge is 0.265 e. The Kier molecular flexibility index (Phi) is 8.14. The molecule has 0 atom stereocenters.